The first-order valence-corrected chi connectivity index (χ1v) is 10.6. The molecule has 3 aromatic carbocycles. The highest BCUT2D eigenvalue weighted by Gasteiger charge is 2.33. The van der Waals surface area contributed by atoms with Crippen LogP contribution in [0.3, 0.4) is 0 Å². The number of rotatable bonds is 7. The van der Waals surface area contributed by atoms with Gasteiger partial charge in [0.05, 0.1) is 10.7 Å². The smallest absolute Gasteiger partial charge is 0.199 e. The molecule has 0 saturated heterocycles. The van der Waals surface area contributed by atoms with Crippen molar-refractivity contribution in [3.8, 4) is 0 Å². The largest absolute Gasteiger partial charge is 0.335 e. The number of nitroso groups, excluding NO2 is 2. The first-order valence-electron chi connectivity index (χ1n) is 9.82. The summed E-state index contributed by atoms with van der Waals surface area (Å²) in [5.41, 5.74) is 1.87. The van der Waals surface area contributed by atoms with Gasteiger partial charge in [-0.25, -0.2) is 0 Å². The van der Waals surface area contributed by atoms with Gasteiger partial charge in [-0.05, 0) is 77.9 Å². The van der Waals surface area contributed by atoms with E-state index in [0.717, 1.165) is 10.6 Å². The predicted octanol–water partition coefficient (Wildman–Crippen LogP) is 6.39. The second-order valence-electron chi connectivity index (χ2n) is 6.93. The molecule has 8 heteroatoms. The highest BCUT2D eigenvalue weighted by atomic mass is 32.2. The molecule has 1 aliphatic heterocycles. The molecular weight excluding hydrogens is 426 g/mol. The van der Waals surface area contributed by atoms with Crippen LogP contribution >= 0.6 is 11.8 Å². The number of fused-ring (bicyclic) bond motifs is 1. The van der Waals surface area contributed by atoms with Crippen molar-refractivity contribution in [2.45, 2.75) is 11.8 Å². The minimum atomic E-state index is -0.459. The van der Waals surface area contributed by atoms with E-state index in [1.54, 1.807) is 0 Å². The molecule has 0 radical (unpaired) electrons. The van der Waals surface area contributed by atoms with Gasteiger partial charge < -0.3 is 4.90 Å². The molecule has 0 atom stereocenters. The second-order valence-corrected chi connectivity index (χ2v) is 7.96. The number of carbonyl (C=O) groups excluding carboxylic acids is 2. The summed E-state index contributed by atoms with van der Waals surface area (Å²) >= 11 is 1.37. The summed E-state index contributed by atoms with van der Waals surface area (Å²) in [6.45, 7) is 2.51. The van der Waals surface area contributed by atoms with Gasteiger partial charge in [0, 0.05) is 22.6 Å². The van der Waals surface area contributed by atoms with Crippen molar-refractivity contribution in [3.63, 3.8) is 0 Å². The molecule has 1 heterocycles. The zero-order chi connectivity index (χ0) is 22.7. The minimum Gasteiger partial charge on any atom is -0.335 e. The van der Waals surface area contributed by atoms with Crippen LogP contribution in [0.5, 0.6) is 0 Å². The topological polar surface area (TPSA) is 96.2 Å². The van der Waals surface area contributed by atoms with Crippen LogP contribution in [0, 0.1) is 9.81 Å². The van der Waals surface area contributed by atoms with E-state index in [9.17, 15) is 19.4 Å². The Hall–Kier alpha value is -3.91. The van der Waals surface area contributed by atoms with Gasteiger partial charge in [-0.15, -0.1) is 9.81 Å². The van der Waals surface area contributed by atoms with Crippen LogP contribution in [0.25, 0.3) is 0 Å². The Bertz CT molecular complexity index is 1190. The maximum Gasteiger partial charge on any atom is 0.199 e. The van der Waals surface area contributed by atoms with Crippen molar-refractivity contribution in [1.29, 1.82) is 0 Å². The quantitative estimate of drug-likeness (QED) is 0.138. The second kappa shape index (κ2) is 9.07. The zero-order valence-electron chi connectivity index (χ0n) is 17.0. The molecule has 0 amide bonds. The fourth-order valence-corrected chi connectivity index (χ4v) is 4.73. The number of hydrogen-bond donors (Lipinski definition) is 0. The highest BCUT2D eigenvalue weighted by molar-refractivity contribution is 8.03. The monoisotopic (exact) mass is 443 g/mol. The van der Waals surface area contributed by atoms with Crippen LogP contribution in [0.15, 0.2) is 98.6 Å². The lowest BCUT2D eigenvalue weighted by atomic mass is 9.95. The number of allylic oxidation sites excluding steroid dienone is 1. The van der Waals surface area contributed by atoms with Crippen LogP contribution in [0.2, 0.25) is 0 Å². The van der Waals surface area contributed by atoms with Crippen molar-refractivity contribution in [1.82, 2.24) is 0 Å². The Kier molecular flexibility index (Phi) is 6.04. The molecule has 4 rings (SSSR count). The number of nitrogens with zero attached hydrogens (tertiary/aromatic N) is 3. The van der Waals surface area contributed by atoms with E-state index in [2.05, 4.69) is 10.4 Å². The van der Waals surface area contributed by atoms with Crippen molar-refractivity contribution in [2.75, 3.05) is 11.4 Å². The number of benzene rings is 3. The van der Waals surface area contributed by atoms with E-state index in [4.69, 9.17) is 0 Å². The van der Waals surface area contributed by atoms with Gasteiger partial charge in [-0.2, -0.15) is 0 Å². The third-order valence-electron chi connectivity index (χ3n) is 5.06. The third-order valence-corrected chi connectivity index (χ3v) is 6.24. The predicted molar refractivity (Wildman–Crippen MR) is 125 cm³/mol. The molecule has 0 bridgehead atoms. The van der Waals surface area contributed by atoms with E-state index in [0.29, 0.717) is 11.6 Å². The maximum atomic E-state index is 13.6. The molecule has 32 heavy (non-hydrogen) atoms. The fraction of sp³-hybridized carbons (Fsp3) is 0.0833. The molecule has 0 spiro atoms. The number of carbonyl (C=O) groups is 2. The van der Waals surface area contributed by atoms with E-state index < -0.39 is 11.6 Å². The average Bonchev–Trinajstić information content (AvgIpc) is 3.22. The molecule has 1 aliphatic rings. The summed E-state index contributed by atoms with van der Waals surface area (Å²) in [7, 11) is 0. The van der Waals surface area contributed by atoms with Gasteiger partial charge in [0.1, 0.15) is 16.9 Å². The molecule has 0 aromatic heterocycles. The van der Waals surface area contributed by atoms with Crippen molar-refractivity contribution < 1.29 is 9.59 Å². The van der Waals surface area contributed by atoms with E-state index in [1.165, 1.54) is 60.3 Å². The Morgan fingerprint density at radius 2 is 1.28 bits per heavy atom. The summed E-state index contributed by atoms with van der Waals surface area (Å²) < 4.78 is 0. The summed E-state index contributed by atoms with van der Waals surface area (Å²) in [5.74, 6) is -0.919. The Labute approximate surface area is 188 Å². The molecule has 0 aliphatic carbocycles. The summed E-state index contributed by atoms with van der Waals surface area (Å²) in [6, 6.07) is 19.4. The lowest BCUT2D eigenvalue weighted by molar-refractivity contribution is 0.0961. The van der Waals surface area contributed by atoms with Gasteiger partial charge >= 0.3 is 0 Å². The summed E-state index contributed by atoms with van der Waals surface area (Å²) in [4.78, 5) is 51.5. The maximum absolute atomic E-state index is 13.6. The van der Waals surface area contributed by atoms with E-state index in [1.807, 2.05) is 36.1 Å². The van der Waals surface area contributed by atoms with E-state index in [-0.39, 0.29) is 28.1 Å². The van der Waals surface area contributed by atoms with Gasteiger partial charge in [0.15, 0.2) is 11.6 Å². The summed E-state index contributed by atoms with van der Waals surface area (Å²) in [5, 5.41) is 6.26. The standard InChI is InChI=1S/C24H17N3O4S/c1-2-27-19-5-3-4-6-20(19)32-24(27)21(22(28)15-7-11-17(25-30)12-8-15)23(29)16-9-13-18(26-31)14-10-16/h3-14H,2H2,1H3. The number of ketones is 2. The van der Waals surface area contributed by atoms with Crippen LogP contribution in [0.1, 0.15) is 27.6 Å². The van der Waals surface area contributed by atoms with Gasteiger partial charge in [-0.1, -0.05) is 23.9 Å². The normalized spacial score (nSPS) is 12.3. The van der Waals surface area contributed by atoms with Crippen LogP contribution in [-0.2, 0) is 0 Å². The first kappa shape index (κ1) is 21.3. The van der Waals surface area contributed by atoms with Crippen LogP contribution in [0.4, 0.5) is 17.1 Å². The molecule has 0 fully saturated rings. The number of thioether (sulfide) groups is 1. The van der Waals surface area contributed by atoms with Crippen molar-refractivity contribution >= 4 is 40.4 Å². The molecule has 7 nitrogen and oxygen atoms in total. The lowest BCUT2D eigenvalue weighted by Crippen LogP contribution is -2.24. The minimum absolute atomic E-state index is 0.0201. The number of para-hydroxylation sites is 1. The molecule has 0 saturated carbocycles. The number of Topliss-reactive ketones (excluding diaryl/α,β-unsaturated/α-hetero) is 2. The Morgan fingerprint density at radius 1 is 0.781 bits per heavy atom. The molecule has 158 valence electrons. The SMILES string of the molecule is CCN1C(=C(C(=O)c2ccc(N=O)cc2)C(=O)c2ccc(N=O)cc2)Sc2ccccc21. The number of anilines is 1. The third kappa shape index (κ3) is 3.88. The average molecular weight is 443 g/mol. The van der Waals surface area contributed by atoms with Gasteiger partial charge in [0.25, 0.3) is 0 Å². The van der Waals surface area contributed by atoms with Crippen LogP contribution < -0.4 is 4.90 Å². The molecule has 0 N–H and O–H groups in total. The molecule has 3 aromatic rings. The molecular formula is C24H17N3O4S. The van der Waals surface area contributed by atoms with Crippen molar-refractivity contribution in [3.05, 3.63) is 104 Å². The zero-order valence-corrected chi connectivity index (χ0v) is 17.8. The summed E-state index contributed by atoms with van der Waals surface area (Å²) in [6.07, 6.45) is 0. The van der Waals surface area contributed by atoms with Gasteiger partial charge in [0.2, 0.25) is 0 Å². The first-order chi connectivity index (χ1) is 15.6. The fourth-order valence-electron chi connectivity index (χ4n) is 3.47. The lowest BCUT2D eigenvalue weighted by Gasteiger charge is -2.21. The highest BCUT2D eigenvalue weighted by Crippen LogP contribution is 2.47. The van der Waals surface area contributed by atoms with E-state index >= 15 is 0 Å². The Balaban J connectivity index is 1.87. The van der Waals surface area contributed by atoms with Gasteiger partial charge in [-0.3, -0.25) is 9.59 Å². The van der Waals surface area contributed by atoms with Crippen molar-refractivity contribution in [2.24, 2.45) is 10.4 Å². The molecule has 0 unspecified atom stereocenters. The Morgan fingerprint density at radius 3 is 1.75 bits per heavy atom. The number of hydrogen-bond acceptors (Lipinski definition) is 8. The van der Waals surface area contributed by atoms with Crippen LogP contribution in [-0.4, -0.2) is 18.1 Å².